The van der Waals surface area contributed by atoms with E-state index in [9.17, 15) is 4.79 Å². The van der Waals surface area contributed by atoms with Crippen LogP contribution in [-0.2, 0) is 0 Å². The van der Waals surface area contributed by atoms with E-state index in [4.69, 9.17) is 0 Å². The van der Waals surface area contributed by atoms with Crippen LogP contribution in [0.4, 0.5) is 5.69 Å². The maximum atomic E-state index is 12.4. The van der Waals surface area contributed by atoms with Crippen LogP contribution in [0.25, 0.3) is 16.9 Å². The van der Waals surface area contributed by atoms with Crippen LogP contribution in [0.1, 0.15) is 21.7 Å². The summed E-state index contributed by atoms with van der Waals surface area (Å²) in [5, 5.41) is 15.6. The zero-order chi connectivity index (χ0) is 18.1. The number of hydrogen-bond donors (Lipinski definition) is 1. The lowest BCUT2D eigenvalue weighted by atomic mass is 10.1. The number of nitrogens with zero attached hydrogens (tertiary/aromatic N) is 4. The van der Waals surface area contributed by atoms with Gasteiger partial charge >= 0.3 is 0 Å². The Balaban J connectivity index is 1.62. The summed E-state index contributed by atoms with van der Waals surface area (Å²) in [5.74, 6) is 0.589. The zero-order valence-electron chi connectivity index (χ0n) is 14.5. The van der Waals surface area contributed by atoms with Crippen LogP contribution in [0.2, 0.25) is 0 Å². The number of aryl methyl sites for hydroxylation is 2. The van der Waals surface area contributed by atoms with E-state index in [0.29, 0.717) is 11.2 Å². The van der Waals surface area contributed by atoms with Crippen molar-refractivity contribution in [1.82, 2.24) is 19.8 Å². The largest absolute Gasteiger partial charge is 0.322 e. The monoisotopic (exact) mass is 343 g/mol. The van der Waals surface area contributed by atoms with Crippen molar-refractivity contribution in [1.29, 1.82) is 0 Å². The first-order valence-electron chi connectivity index (χ1n) is 8.28. The van der Waals surface area contributed by atoms with E-state index in [1.807, 2.05) is 74.5 Å². The molecule has 4 rings (SSSR count). The van der Waals surface area contributed by atoms with Gasteiger partial charge in [-0.25, -0.2) is 0 Å². The van der Waals surface area contributed by atoms with Crippen molar-refractivity contribution in [2.45, 2.75) is 13.8 Å². The molecule has 0 saturated heterocycles. The molecule has 1 N–H and O–H groups in total. The lowest BCUT2D eigenvalue weighted by Gasteiger charge is -2.08. The Morgan fingerprint density at radius 3 is 2.58 bits per heavy atom. The molecule has 2 aromatic heterocycles. The standard InChI is InChI=1S/C20H17N5O/c1-13-6-8-15(9-7-13)20(26)21-17-5-3-4-16(12-17)18-10-11-19-23-22-14(2)25(19)24-18/h3-12H,1-2H3,(H,21,26). The summed E-state index contributed by atoms with van der Waals surface area (Å²) in [6.45, 7) is 3.85. The van der Waals surface area contributed by atoms with E-state index in [1.165, 1.54) is 0 Å². The molecule has 0 fully saturated rings. The molecule has 0 saturated carbocycles. The zero-order valence-corrected chi connectivity index (χ0v) is 14.5. The molecule has 6 heteroatoms. The molecule has 0 atom stereocenters. The second-order valence-electron chi connectivity index (χ2n) is 6.14. The molecule has 6 nitrogen and oxygen atoms in total. The third kappa shape index (κ3) is 3.04. The van der Waals surface area contributed by atoms with Crippen molar-refractivity contribution < 1.29 is 4.79 Å². The second kappa shape index (κ2) is 6.40. The number of fused-ring (bicyclic) bond motifs is 1. The van der Waals surface area contributed by atoms with E-state index in [0.717, 1.165) is 28.3 Å². The van der Waals surface area contributed by atoms with Gasteiger partial charge in [0.2, 0.25) is 0 Å². The smallest absolute Gasteiger partial charge is 0.255 e. The molecule has 0 bridgehead atoms. The van der Waals surface area contributed by atoms with Crippen molar-refractivity contribution >= 4 is 17.2 Å². The average Bonchev–Trinajstić information content (AvgIpc) is 3.03. The van der Waals surface area contributed by atoms with E-state index < -0.39 is 0 Å². The van der Waals surface area contributed by atoms with Crippen LogP contribution in [0, 0.1) is 13.8 Å². The Kier molecular flexibility index (Phi) is 3.93. The summed E-state index contributed by atoms with van der Waals surface area (Å²) in [6, 6.07) is 18.9. The lowest BCUT2D eigenvalue weighted by molar-refractivity contribution is 0.102. The molecule has 128 valence electrons. The molecule has 26 heavy (non-hydrogen) atoms. The minimum atomic E-state index is -0.139. The van der Waals surface area contributed by atoms with E-state index in [1.54, 1.807) is 4.52 Å². The highest BCUT2D eigenvalue weighted by molar-refractivity contribution is 6.04. The molecule has 0 aliphatic carbocycles. The Morgan fingerprint density at radius 2 is 1.77 bits per heavy atom. The highest BCUT2D eigenvalue weighted by Crippen LogP contribution is 2.22. The number of nitrogens with one attached hydrogen (secondary N) is 1. The summed E-state index contributed by atoms with van der Waals surface area (Å²) >= 11 is 0. The SMILES string of the molecule is Cc1ccc(C(=O)Nc2cccc(-c3ccc4nnc(C)n4n3)c2)cc1. The van der Waals surface area contributed by atoms with Gasteiger partial charge in [-0.15, -0.1) is 10.2 Å². The van der Waals surface area contributed by atoms with Crippen LogP contribution in [0.15, 0.2) is 60.7 Å². The number of carbonyl (C=O) groups excluding carboxylic acids is 1. The van der Waals surface area contributed by atoms with Crippen molar-refractivity contribution in [3.05, 3.63) is 77.6 Å². The molecule has 4 aromatic rings. The first kappa shape index (κ1) is 16.0. The molecule has 1 amide bonds. The summed E-state index contributed by atoms with van der Waals surface area (Å²) in [5.41, 5.74) is 4.86. The predicted octanol–water partition coefficient (Wildman–Crippen LogP) is 3.66. The van der Waals surface area contributed by atoms with E-state index in [2.05, 4.69) is 20.6 Å². The van der Waals surface area contributed by atoms with Crippen LogP contribution in [-0.4, -0.2) is 25.7 Å². The molecule has 0 aliphatic rings. The van der Waals surface area contributed by atoms with Gasteiger partial charge in [0.15, 0.2) is 11.5 Å². The molecule has 0 aliphatic heterocycles. The summed E-state index contributed by atoms with van der Waals surface area (Å²) < 4.78 is 1.70. The summed E-state index contributed by atoms with van der Waals surface area (Å²) in [7, 11) is 0. The molecule has 0 unspecified atom stereocenters. The predicted molar refractivity (Wildman–Crippen MR) is 100 cm³/mol. The van der Waals surface area contributed by atoms with Crippen molar-refractivity contribution in [2.75, 3.05) is 5.32 Å². The van der Waals surface area contributed by atoms with Crippen LogP contribution in [0.3, 0.4) is 0 Å². The third-order valence-corrected chi connectivity index (χ3v) is 4.15. The Morgan fingerprint density at radius 1 is 0.962 bits per heavy atom. The normalized spacial score (nSPS) is 10.8. The van der Waals surface area contributed by atoms with Gasteiger partial charge in [-0.1, -0.05) is 29.8 Å². The quantitative estimate of drug-likeness (QED) is 0.616. The van der Waals surface area contributed by atoms with Gasteiger partial charge < -0.3 is 5.32 Å². The molecular formula is C20H17N5O. The van der Waals surface area contributed by atoms with Gasteiger partial charge in [-0.3, -0.25) is 4.79 Å². The summed E-state index contributed by atoms with van der Waals surface area (Å²) in [4.78, 5) is 12.4. The van der Waals surface area contributed by atoms with Gasteiger partial charge in [-0.2, -0.15) is 9.61 Å². The minimum Gasteiger partial charge on any atom is -0.322 e. The highest BCUT2D eigenvalue weighted by atomic mass is 16.1. The van der Waals surface area contributed by atoms with Gasteiger partial charge in [0.1, 0.15) is 0 Å². The minimum absolute atomic E-state index is 0.139. The Labute approximate surface area is 150 Å². The average molecular weight is 343 g/mol. The first-order valence-corrected chi connectivity index (χ1v) is 8.28. The van der Waals surface area contributed by atoms with E-state index >= 15 is 0 Å². The Hall–Kier alpha value is -3.54. The van der Waals surface area contributed by atoms with Gasteiger partial charge in [0, 0.05) is 16.8 Å². The Bertz CT molecular complexity index is 1100. The molecule has 0 radical (unpaired) electrons. The molecule has 2 heterocycles. The molecule has 2 aromatic carbocycles. The fraction of sp³-hybridized carbons (Fsp3) is 0.100. The number of aromatic nitrogens is 4. The second-order valence-corrected chi connectivity index (χ2v) is 6.14. The summed E-state index contributed by atoms with van der Waals surface area (Å²) in [6.07, 6.45) is 0. The van der Waals surface area contributed by atoms with Crippen molar-refractivity contribution in [3.63, 3.8) is 0 Å². The molecule has 0 spiro atoms. The number of anilines is 1. The maximum Gasteiger partial charge on any atom is 0.255 e. The van der Waals surface area contributed by atoms with Crippen molar-refractivity contribution in [2.24, 2.45) is 0 Å². The highest BCUT2D eigenvalue weighted by Gasteiger charge is 2.09. The van der Waals surface area contributed by atoms with Gasteiger partial charge in [-0.05, 0) is 50.2 Å². The third-order valence-electron chi connectivity index (χ3n) is 4.15. The fourth-order valence-electron chi connectivity index (χ4n) is 2.71. The number of benzene rings is 2. The first-order chi connectivity index (χ1) is 12.6. The lowest BCUT2D eigenvalue weighted by Crippen LogP contribution is -2.11. The maximum absolute atomic E-state index is 12.4. The molecular weight excluding hydrogens is 326 g/mol. The fourth-order valence-corrected chi connectivity index (χ4v) is 2.71. The number of amides is 1. The number of hydrogen-bond acceptors (Lipinski definition) is 4. The van der Waals surface area contributed by atoms with Crippen LogP contribution in [0.5, 0.6) is 0 Å². The topological polar surface area (TPSA) is 72.2 Å². The van der Waals surface area contributed by atoms with Crippen LogP contribution >= 0.6 is 0 Å². The van der Waals surface area contributed by atoms with Gasteiger partial charge in [0.25, 0.3) is 5.91 Å². The van der Waals surface area contributed by atoms with Gasteiger partial charge in [0.05, 0.1) is 5.69 Å². The number of rotatable bonds is 3. The van der Waals surface area contributed by atoms with E-state index in [-0.39, 0.29) is 5.91 Å². The van der Waals surface area contributed by atoms with Crippen LogP contribution < -0.4 is 5.32 Å². The number of carbonyl (C=O) groups is 1. The van der Waals surface area contributed by atoms with Crippen molar-refractivity contribution in [3.8, 4) is 11.3 Å².